The van der Waals surface area contributed by atoms with E-state index in [9.17, 15) is 4.79 Å². The number of benzene rings is 2. The maximum absolute atomic E-state index is 12.9. The molecule has 2 aromatic carbocycles. The van der Waals surface area contributed by atoms with Crippen LogP contribution in [0.5, 0.6) is 5.75 Å². The fraction of sp³-hybridized carbons (Fsp3) is 0.278. The molecule has 0 saturated carbocycles. The predicted octanol–water partition coefficient (Wildman–Crippen LogP) is 2.30. The van der Waals surface area contributed by atoms with Crippen molar-refractivity contribution in [2.24, 2.45) is 0 Å². The van der Waals surface area contributed by atoms with Crippen LogP contribution in [0.25, 0.3) is 0 Å². The van der Waals surface area contributed by atoms with E-state index in [0.29, 0.717) is 18.0 Å². The molecule has 0 radical (unpaired) electrons. The van der Waals surface area contributed by atoms with Gasteiger partial charge in [0.25, 0.3) is 5.91 Å². The first-order chi connectivity index (χ1) is 11.1. The minimum absolute atomic E-state index is 0.0460. The molecule has 120 valence electrons. The van der Waals surface area contributed by atoms with E-state index in [-0.39, 0.29) is 5.91 Å². The summed E-state index contributed by atoms with van der Waals surface area (Å²) >= 11 is 0. The molecule has 3 rings (SSSR count). The Bertz CT molecular complexity index is 701. The Labute approximate surface area is 136 Å². The lowest BCUT2D eigenvalue weighted by Gasteiger charge is -2.35. The van der Waals surface area contributed by atoms with Gasteiger partial charge in [0.15, 0.2) is 0 Å². The SMILES string of the molecule is CN(C)CCN1C(=O)C(c2ccccc2)Oc2cc(N)ccc21. The largest absolute Gasteiger partial charge is 0.474 e. The summed E-state index contributed by atoms with van der Waals surface area (Å²) in [6, 6.07) is 15.0. The Balaban J connectivity index is 1.99. The van der Waals surface area contributed by atoms with Crippen molar-refractivity contribution in [3.8, 4) is 5.75 Å². The molecule has 0 aromatic heterocycles. The molecule has 2 N–H and O–H groups in total. The van der Waals surface area contributed by atoms with Crippen LogP contribution in [-0.4, -0.2) is 38.0 Å². The van der Waals surface area contributed by atoms with Crippen LogP contribution < -0.4 is 15.4 Å². The highest BCUT2D eigenvalue weighted by atomic mass is 16.5. The second-order valence-corrected chi connectivity index (χ2v) is 5.93. The van der Waals surface area contributed by atoms with E-state index in [1.54, 1.807) is 17.0 Å². The minimum atomic E-state index is -0.632. The van der Waals surface area contributed by atoms with E-state index >= 15 is 0 Å². The van der Waals surface area contributed by atoms with Crippen LogP contribution in [0.1, 0.15) is 11.7 Å². The maximum Gasteiger partial charge on any atom is 0.272 e. The van der Waals surface area contributed by atoms with Gasteiger partial charge in [0, 0.05) is 30.4 Å². The van der Waals surface area contributed by atoms with Crippen LogP contribution in [-0.2, 0) is 4.79 Å². The van der Waals surface area contributed by atoms with E-state index in [1.807, 2.05) is 50.5 Å². The van der Waals surface area contributed by atoms with Crippen molar-refractivity contribution in [3.05, 3.63) is 54.1 Å². The molecule has 0 fully saturated rings. The number of carbonyl (C=O) groups is 1. The summed E-state index contributed by atoms with van der Waals surface area (Å²) in [5.41, 5.74) is 8.12. The molecule has 2 aromatic rings. The van der Waals surface area contributed by atoms with Gasteiger partial charge in [0.1, 0.15) is 5.75 Å². The van der Waals surface area contributed by atoms with Crippen LogP contribution in [0.4, 0.5) is 11.4 Å². The molecule has 23 heavy (non-hydrogen) atoms. The first-order valence-corrected chi connectivity index (χ1v) is 7.63. The molecule has 1 heterocycles. The fourth-order valence-electron chi connectivity index (χ4n) is 2.65. The lowest BCUT2D eigenvalue weighted by molar-refractivity contribution is -0.126. The number of nitrogens with zero attached hydrogens (tertiary/aromatic N) is 2. The van der Waals surface area contributed by atoms with Gasteiger partial charge in [-0.15, -0.1) is 0 Å². The Kier molecular flexibility index (Phi) is 4.21. The normalized spacial score (nSPS) is 17.1. The number of nitrogen functional groups attached to an aromatic ring is 1. The van der Waals surface area contributed by atoms with Crippen molar-refractivity contribution >= 4 is 17.3 Å². The van der Waals surface area contributed by atoms with Crippen molar-refractivity contribution in [1.82, 2.24) is 4.90 Å². The molecule has 0 bridgehead atoms. The molecule has 0 spiro atoms. The van der Waals surface area contributed by atoms with Crippen LogP contribution in [0, 0.1) is 0 Å². The number of hydrogen-bond donors (Lipinski definition) is 1. The Morgan fingerprint density at radius 3 is 2.61 bits per heavy atom. The summed E-state index contributed by atoms with van der Waals surface area (Å²) < 4.78 is 5.96. The number of ether oxygens (including phenoxy) is 1. The summed E-state index contributed by atoms with van der Waals surface area (Å²) in [4.78, 5) is 16.8. The zero-order valence-electron chi connectivity index (χ0n) is 13.4. The molecule has 5 nitrogen and oxygen atoms in total. The first kappa shape index (κ1) is 15.4. The molecule has 1 atom stereocenters. The standard InChI is InChI=1S/C18H21N3O2/c1-20(2)10-11-21-15-9-8-14(19)12-16(15)23-17(18(21)22)13-6-4-3-5-7-13/h3-9,12,17H,10-11,19H2,1-2H3. The molecule has 1 aliphatic heterocycles. The topological polar surface area (TPSA) is 58.8 Å². The van der Waals surface area contributed by atoms with Crippen molar-refractivity contribution in [2.75, 3.05) is 37.8 Å². The molecule has 1 unspecified atom stereocenters. The molecule has 1 aliphatic rings. The van der Waals surface area contributed by atoms with Gasteiger partial charge in [0.05, 0.1) is 5.69 Å². The van der Waals surface area contributed by atoms with Gasteiger partial charge in [-0.1, -0.05) is 30.3 Å². The number of rotatable bonds is 4. The van der Waals surface area contributed by atoms with Crippen molar-refractivity contribution in [3.63, 3.8) is 0 Å². The van der Waals surface area contributed by atoms with E-state index in [4.69, 9.17) is 10.5 Å². The molecular formula is C18H21N3O2. The van der Waals surface area contributed by atoms with Crippen LogP contribution >= 0.6 is 0 Å². The predicted molar refractivity (Wildman–Crippen MR) is 91.6 cm³/mol. The van der Waals surface area contributed by atoms with Gasteiger partial charge in [-0.3, -0.25) is 4.79 Å². The van der Waals surface area contributed by atoms with Crippen molar-refractivity contribution < 1.29 is 9.53 Å². The highest BCUT2D eigenvalue weighted by molar-refractivity contribution is 6.00. The van der Waals surface area contributed by atoms with Crippen molar-refractivity contribution in [2.45, 2.75) is 6.10 Å². The quantitative estimate of drug-likeness (QED) is 0.880. The monoisotopic (exact) mass is 311 g/mol. The number of carbonyl (C=O) groups excluding carboxylic acids is 1. The van der Waals surface area contributed by atoms with Crippen LogP contribution in [0.2, 0.25) is 0 Å². The number of amides is 1. The summed E-state index contributed by atoms with van der Waals surface area (Å²) in [7, 11) is 3.98. The minimum Gasteiger partial charge on any atom is -0.474 e. The summed E-state index contributed by atoms with van der Waals surface area (Å²) in [5.74, 6) is 0.604. The second kappa shape index (κ2) is 6.30. The third-order valence-corrected chi connectivity index (χ3v) is 3.88. The smallest absolute Gasteiger partial charge is 0.272 e. The van der Waals surface area contributed by atoms with Gasteiger partial charge >= 0.3 is 0 Å². The lowest BCUT2D eigenvalue weighted by atomic mass is 10.1. The maximum atomic E-state index is 12.9. The zero-order chi connectivity index (χ0) is 16.4. The molecule has 0 aliphatic carbocycles. The number of likely N-dealkylation sites (N-methyl/N-ethyl adjacent to an activating group) is 1. The van der Waals surface area contributed by atoms with Crippen molar-refractivity contribution in [1.29, 1.82) is 0 Å². The number of nitrogens with two attached hydrogens (primary N) is 1. The summed E-state index contributed by atoms with van der Waals surface area (Å²) in [6.07, 6.45) is -0.632. The van der Waals surface area contributed by atoms with E-state index in [1.165, 1.54) is 0 Å². The molecule has 0 saturated heterocycles. The zero-order valence-corrected chi connectivity index (χ0v) is 13.4. The average Bonchev–Trinajstić information content (AvgIpc) is 2.54. The van der Waals surface area contributed by atoms with Gasteiger partial charge in [-0.05, 0) is 26.2 Å². The van der Waals surface area contributed by atoms with Gasteiger partial charge in [-0.2, -0.15) is 0 Å². The highest BCUT2D eigenvalue weighted by Gasteiger charge is 2.35. The Morgan fingerprint density at radius 1 is 1.17 bits per heavy atom. The lowest BCUT2D eigenvalue weighted by Crippen LogP contribution is -2.44. The third-order valence-electron chi connectivity index (χ3n) is 3.88. The second-order valence-electron chi connectivity index (χ2n) is 5.93. The summed E-state index contributed by atoms with van der Waals surface area (Å²) in [5, 5.41) is 0. The number of hydrogen-bond acceptors (Lipinski definition) is 4. The number of anilines is 2. The Morgan fingerprint density at radius 2 is 1.91 bits per heavy atom. The molecular weight excluding hydrogens is 290 g/mol. The van der Waals surface area contributed by atoms with Gasteiger partial charge in [-0.25, -0.2) is 0 Å². The van der Waals surface area contributed by atoms with E-state index in [0.717, 1.165) is 17.8 Å². The van der Waals surface area contributed by atoms with Crippen LogP contribution in [0.3, 0.4) is 0 Å². The molecule has 5 heteroatoms. The van der Waals surface area contributed by atoms with Gasteiger partial charge < -0.3 is 20.3 Å². The highest BCUT2D eigenvalue weighted by Crippen LogP contribution is 2.39. The molecule has 1 amide bonds. The van der Waals surface area contributed by atoms with Gasteiger partial charge in [0.2, 0.25) is 6.10 Å². The van der Waals surface area contributed by atoms with E-state index < -0.39 is 6.10 Å². The fourth-order valence-corrected chi connectivity index (χ4v) is 2.65. The third kappa shape index (κ3) is 3.14. The van der Waals surface area contributed by atoms with Crippen LogP contribution in [0.15, 0.2) is 48.5 Å². The average molecular weight is 311 g/mol. The number of fused-ring (bicyclic) bond motifs is 1. The summed E-state index contributed by atoms with van der Waals surface area (Å²) in [6.45, 7) is 1.38. The Hall–Kier alpha value is -2.53. The first-order valence-electron chi connectivity index (χ1n) is 7.63. The van der Waals surface area contributed by atoms with E-state index in [2.05, 4.69) is 4.90 Å².